The summed E-state index contributed by atoms with van der Waals surface area (Å²) in [5.41, 5.74) is 1.43. The molecule has 0 aliphatic heterocycles. The number of nitrogens with one attached hydrogen (secondary N) is 1. The van der Waals surface area contributed by atoms with E-state index in [4.69, 9.17) is 0 Å². The van der Waals surface area contributed by atoms with E-state index in [1.165, 1.54) is 11.3 Å². The Labute approximate surface area is 87.7 Å². The van der Waals surface area contributed by atoms with E-state index in [0.29, 0.717) is 5.56 Å². The molecule has 0 saturated carbocycles. The fourth-order valence-corrected chi connectivity index (χ4v) is 2.20. The molecule has 0 unspecified atom stereocenters. The Morgan fingerprint density at radius 2 is 2.31 bits per heavy atom. The van der Waals surface area contributed by atoms with Crippen molar-refractivity contribution in [3.8, 4) is 0 Å². The van der Waals surface area contributed by atoms with Crippen LogP contribution in [0.3, 0.4) is 0 Å². The lowest BCUT2D eigenvalue weighted by Crippen LogP contribution is -1.96. The van der Waals surface area contributed by atoms with Crippen molar-refractivity contribution < 1.29 is 4.79 Å². The van der Waals surface area contributed by atoms with Gasteiger partial charge in [0.25, 0.3) is 0 Å². The molecule has 0 aromatic carbocycles. The molecule has 2 aromatic rings. The average molecular weight is 256 g/mol. The topological polar surface area (TPSA) is 32.9 Å². The first-order valence-corrected chi connectivity index (χ1v) is 5.36. The van der Waals surface area contributed by atoms with Crippen LogP contribution < -0.4 is 0 Å². The second-order valence-electron chi connectivity index (χ2n) is 2.57. The first kappa shape index (κ1) is 8.72. The number of H-pyrrole nitrogens is 1. The van der Waals surface area contributed by atoms with Crippen LogP contribution in [0.5, 0.6) is 0 Å². The van der Waals surface area contributed by atoms with E-state index in [-0.39, 0.29) is 5.78 Å². The second kappa shape index (κ2) is 3.47. The third-order valence-electron chi connectivity index (χ3n) is 1.69. The average Bonchev–Trinajstić information content (AvgIpc) is 2.72. The van der Waals surface area contributed by atoms with Gasteiger partial charge in [0.05, 0.1) is 3.79 Å². The van der Waals surface area contributed by atoms with Crippen LogP contribution in [0.1, 0.15) is 15.9 Å². The van der Waals surface area contributed by atoms with Crippen molar-refractivity contribution in [3.63, 3.8) is 0 Å². The number of thiophene rings is 1. The van der Waals surface area contributed by atoms with Crippen LogP contribution in [0.15, 0.2) is 33.7 Å². The highest BCUT2D eigenvalue weighted by Crippen LogP contribution is 2.22. The molecule has 2 rings (SSSR count). The molecule has 0 amide bonds. The molecule has 0 radical (unpaired) electrons. The number of halogens is 1. The Bertz CT molecular complexity index is 419. The van der Waals surface area contributed by atoms with E-state index in [9.17, 15) is 4.79 Å². The van der Waals surface area contributed by atoms with Gasteiger partial charge in [-0.2, -0.15) is 0 Å². The van der Waals surface area contributed by atoms with Gasteiger partial charge in [0.1, 0.15) is 0 Å². The smallest absolute Gasteiger partial charge is 0.195 e. The molecule has 1 N–H and O–H groups in total. The van der Waals surface area contributed by atoms with E-state index in [1.54, 1.807) is 18.5 Å². The molecule has 0 fully saturated rings. The Balaban J connectivity index is 2.33. The van der Waals surface area contributed by atoms with Gasteiger partial charge in [-0.15, -0.1) is 11.3 Å². The Kier molecular flexibility index (Phi) is 2.33. The maximum Gasteiger partial charge on any atom is 0.195 e. The van der Waals surface area contributed by atoms with Crippen molar-refractivity contribution in [3.05, 3.63) is 44.8 Å². The molecule has 66 valence electrons. The maximum absolute atomic E-state index is 11.7. The summed E-state index contributed by atoms with van der Waals surface area (Å²) in [4.78, 5) is 14.5. The van der Waals surface area contributed by atoms with Gasteiger partial charge in [-0.1, -0.05) is 0 Å². The van der Waals surface area contributed by atoms with E-state index < -0.39 is 0 Å². The summed E-state index contributed by atoms with van der Waals surface area (Å²) in [7, 11) is 0. The lowest BCUT2D eigenvalue weighted by atomic mass is 10.1. The zero-order valence-corrected chi connectivity index (χ0v) is 8.98. The molecule has 0 bridgehead atoms. The van der Waals surface area contributed by atoms with Crippen LogP contribution >= 0.6 is 27.3 Å². The van der Waals surface area contributed by atoms with Crippen LogP contribution in [-0.2, 0) is 0 Å². The zero-order chi connectivity index (χ0) is 9.26. The number of aromatic amines is 1. The Hall–Kier alpha value is -0.870. The summed E-state index contributed by atoms with van der Waals surface area (Å²) in [6.45, 7) is 0. The molecular formula is C9H6BrNOS. The van der Waals surface area contributed by atoms with Crippen molar-refractivity contribution in [2.45, 2.75) is 0 Å². The fourth-order valence-electron chi connectivity index (χ4n) is 1.06. The van der Waals surface area contributed by atoms with Crippen molar-refractivity contribution in [1.82, 2.24) is 4.98 Å². The third-order valence-corrected chi connectivity index (χ3v) is 3.19. The minimum atomic E-state index is 0.0585. The van der Waals surface area contributed by atoms with Crippen molar-refractivity contribution in [2.24, 2.45) is 0 Å². The van der Waals surface area contributed by atoms with Crippen LogP contribution in [0.2, 0.25) is 0 Å². The summed E-state index contributed by atoms with van der Waals surface area (Å²) in [5.74, 6) is 0.0585. The molecule has 2 nitrogen and oxygen atoms in total. The lowest BCUT2D eigenvalue weighted by molar-refractivity contribution is 0.103. The van der Waals surface area contributed by atoms with Crippen LogP contribution in [0.25, 0.3) is 0 Å². The Morgan fingerprint density at radius 1 is 1.46 bits per heavy atom. The first-order chi connectivity index (χ1) is 6.27. The summed E-state index contributed by atoms with van der Waals surface area (Å²) >= 11 is 4.84. The van der Waals surface area contributed by atoms with Crippen LogP contribution in [-0.4, -0.2) is 10.8 Å². The molecule has 2 aromatic heterocycles. The number of carbonyl (C=O) groups is 1. The highest BCUT2D eigenvalue weighted by molar-refractivity contribution is 9.11. The maximum atomic E-state index is 11.7. The number of ketones is 1. The molecular weight excluding hydrogens is 250 g/mol. The monoisotopic (exact) mass is 255 g/mol. The lowest BCUT2D eigenvalue weighted by Gasteiger charge is -1.90. The van der Waals surface area contributed by atoms with Gasteiger partial charge >= 0.3 is 0 Å². The molecule has 0 spiro atoms. The molecule has 13 heavy (non-hydrogen) atoms. The summed E-state index contributed by atoms with van der Waals surface area (Å²) in [6, 6.07) is 3.61. The second-order valence-corrected chi connectivity index (χ2v) is 4.86. The molecule has 4 heteroatoms. The van der Waals surface area contributed by atoms with E-state index in [0.717, 1.165) is 9.35 Å². The van der Waals surface area contributed by atoms with Crippen LogP contribution in [0.4, 0.5) is 0 Å². The van der Waals surface area contributed by atoms with Gasteiger partial charge < -0.3 is 4.98 Å². The number of rotatable bonds is 2. The zero-order valence-electron chi connectivity index (χ0n) is 6.58. The minimum Gasteiger partial charge on any atom is -0.367 e. The quantitative estimate of drug-likeness (QED) is 0.823. The molecule has 0 saturated heterocycles. The number of aromatic nitrogens is 1. The van der Waals surface area contributed by atoms with Gasteiger partial charge in [-0.25, -0.2) is 0 Å². The predicted molar refractivity (Wildman–Crippen MR) is 56.2 cm³/mol. The molecule has 0 aliphatic carbocycles. The van der Waals surface area contributed by atoms with Gasteiger partial charge in [-0.05, 0) is 28.1 Å². The number of hydrogen-bond donors (Lipinski definition) is 1. The highest BCUT2D eigenvalue weighted by Gasteiger charge is 2.10. The standard InChI is InChI=1S/C9H6BrNOS/c10-8-3-7(5-13-8)9(12)6-1-2-11-4-6/h1-5,11H. The fraction of sp³-hybridized carbons (Fsp3) is 0. The summed E-state index contributed by atoms with van der Waals surface area (Å²) < 4.78 is 0.978. The van der Waals surface area contributed by atoms with Crippen LogP contribution in [0, 0.1) is 0 Å². The summed E-state index contributed by atoms with van der Waals surface area (Å²) in [6.07, 6.45) is 3.45. The van der Waals surface area contributed by atoms with E-state index in [2.05, 4.69) is 20.9 Å². The van der Waals surface area contributed by atoms with Crippen molar-refractivity contribution >= 4 is 33.0 Å². The molecule has 0 aliphatic rings. The number of carbonyl (C=O) groups excluding carboxylic acids is 1. The first-order valence-electron chi connectivity index (χ1n) is 3.69. The Morgan fingerprint density at radius 3 is 2.85 bits per heavy atom. The molecule has 2 heterocycles. The minimum absolute atomic E-state index is 0.0585. The predicted octanol–water partition coefficient (Wildman–Crippen LogP) is 3.07. The van der Waals surface area contributed by atoms with Gasteiger partial charge in [0, 0.05) is 28.9 Å². The van der Waals surface area contributed by atoms with Crippen molar-refractivity contribution in [1.29, 1.82) is 0 Å². The SMILES string of the molecule is O=C(c1cc[nH]c1)c1csc(Br)c1. The summed E-state index contributed by atoms with van der Waals surface area (Å²) in [5, 5.41) is 1.85. The normalized spacial score (nSPS) is 10.2. The van der Waals surface area contributed by atoms with E-state index in [1.807, 2.05) is 11.4 Å². The molecule has 0 atom stereocenters. The van der Waals surface area contributed by atoms with Gasteiger partial charge in [0.2, 0.25) is 0 Å². The largest absolute Gasteiger partial charge is 0.367 e. The third kappa shape index (κ3) is 1.73. The van der Waals surface area contributed by atoms with Gasteiger partial charge in [0.15, 0.2) is 5.78 Å². The van der Waals surface area contributed by atoms with Gasteiger partial charge in [-0.3, -0.25) is 4.79 Å². The van der Waals surface area contributed by atoms with Crippen molar-refractivity contribution in [2.75, 3.05) is 0 Å². The van der Waals surface area contributed by atoms with E-state index >= 15 is 0 Å². The number of hydrogen-bond acceptors (Lipinski definition) is 2. The highest BCUT2D eigenvalue weighted by atomic mass is 79.9.